The van der Waals surface area contributed by atoms with Gasteiger partial charge in [0, 0.05) is 31.6 Å². The quantitative estimate of drug-likeness (QED) is 0.515. The highest BCUT2D eigenvalue weighted by atomic mass is 16.5. The number of carbonyl (C=O) groups excluding carboxylic acids is 3. The zero-order valence-electron chi connectivity index (χ0n) is 23.6. The van der Waals surface area contributed by atoms with E-state index in [0.717, 1.165) is 17.5 Å². The van der Waals surface area contributed by atoms with E-state index in [0.29, 0.717) is 32.7 Å². The molecule has 1 spiro atoms. The minimum absolute atomic E-state index is 0.00717. The van der Waals surface area contributed by atoms with Crippen molar-refractivity contribution in [2.45, 2.75) is 70.7 Å². The number of hydrogen-bond acceptors (Lipinski definition) is 5. The third-order valence-electron chi connectivity index (χ3n) is 7.98. The van der Waals surface area contributed by atoms with Crippen LogP contribution < -0.4 is 11.1 Å². The predicted molar refractivity (Wildman–Crippen MR) is 151 cm³/mol. The van der Waals surface area contributed by atoms with Gasteiger partial charge in [-0.15, -0.1) is 0 Å². The Balaban J connectivity index is 1.57. The number of nitrogens with one attached hydrogen (secondary N) is 1. The van der Waals surface area contributed by atoms with Crippen LogP contribution in [0.4, 0.5) is 0 Å². The first-order valence-corrected chi connectivity index (χ1v) is 13.9. The number of hydrogen-bond donors (Lipinski definition) is 2. The average Bonchev–Trinajstić information content (AvgIpc) is 3.19. The van der Waals surface area contributed by atoms with Gasteiger partial charge in [-0.2, -0.15) is 0 Å². The lowest BCUT2D eigenvalue weighted by Crippen LogP contribution is -2.60. The fourth-order valence-electron chi connectivity index (χ4n) is 5.78. The molecule has 2 aliphatic heterocycles. The first-order chi connectivity index (χ1) is 18.5. The monoisotopic (exact) mass is 534 g/mol. The van der Waals surface area contributed by atoms with Gasteiger partial charge in [0.05, 0.1) is 24.2 Å². The molecule has 2 aromatic carbocycles. The van der Waals surface area contributed by atoms with Crippen LogP contribution >= 0.6 is 0 Å². The first-order valence-electron chi connectivity index (χ1n) is 13.9. The minimum atomic E-state index is -1.15. The lowest BCUT2D eigenvalue weighted by molar-refractivity contribution is -0.148. The van der Waals surface area contributed by atoms with Crippen LogP contribution in [0.2, 0.25) is 0 Å². The van der Waals surface area contributed by atoms with E-state index in [9.17, 15) is 14.4 Å². The third kappa shape index (κ3) is 6.34. The second kappa shape index (κ2) is 11.9. The van der Waals surface area contributed by atoms with E-state index in [1.165, 1.54) is 0 Å². The molecule has 3 amide bonds. The van der Waals surface area contributed by atoms with Crippen LogP contribution in [0.3, 0.4) is 0 Å². The minimum Gasteiger partial charge on any atom is -0.374 e. The van der Waals surface area contributed by atoms with Crippen molar-refractivity contribution in [2.24, 2.45) is 11.1 Å². The fourth-order valence-corrected chi connectivity index (χ4v) is 5.78. The number of benzene rings is 2. The van der Waals surface area contributed by atoms with Crippen molar-refractivity contribution >= 4 is 17.7 Å². The van der Waals surface area contributed by atoms with Gasteiger partial charge in [-0.1, -0.05) is 60.7 Å². The molecule has 210 valence electrons. The van der Waals surface area contributed by atoms with Gasteiger partial charge < -0.3 is 25.6 Å². The molecule has 3 N–H and O–H groups in total. The fraction of sp³-hybridized carbons (Fsp3) is 0.516. The SMILES string of the molecule is CC(C)N1CC(c2ccccc2)[C@@]2(CCCN(C(=O)C(COCc3ccccc3)NC(=O)C(C)(C)N)C2)C1=O. The Kier molecular flexibility index (Phi) is 8.76. The highest BCUT2D eigenvalue weighted by molar-refractivity contribution is 5.93. The molecule has 0 radical (unpaired) electrons. The van der Waals surface area contributed by atoms with E-state index >= 15 is 0 Å². The van der Waals surface area contributed by atoms with Gasteiger partial charge in [-0.25, -0.2) is 0 Å². The zero-order chi connectivity index (χ0) is 28.2. The summed E-state index contributed by atoms with van der Waals surface area (Å²) in [5, 5.41) is 2.82. The topological polar surface area (TPSA) is 105 Å². The second-order valence-electron chi connectivity index (χ2n) is 11.8. The van der Waals surface area contributed by atoms with Gasteiger partial charge in [-0.3, -0.25) is 14.4 Å². The second-order valence-corrected chi connectivity index (χ2v) is 11.8. The highest BCUT2D eigenvalue weighted by Gasteiger charge is 2.57. The van der Waals surface area contributed by atoms with Crippen molar-refractivity contribution in [3.05, 3.63) is 71.8 Å². The smallest absolute Gasteiger partial charge is 0.247 e. The Morgan fingerprint density at radius 3 is 2.36 bits per heavy atom. The summed E-state index contributed by atoms with van der Waals surface area (Å²) in [5.41, 5.74) is 6.27. The van der Waals surface area contributed by atoms with Gasteiger partial charge in [0.1, 0.15) is 6.04 Å². The number of amides is 3. The van der Waals surface area contributed by atoms with Crippen molar-refractivity contribution in [1.82, 2.24) is 15.1 Å². The zero-order valence-corrected chi connectivity index (χ0v) is 23.6. The van der Waals surface area contributed by atoms with Crippen molar-refractivity contribution in [3.8, 4) is 0 Å². The Bertz CT molecular complexity index is 1150. The summed E-state index contributed by atoms with van der Waals surface area (Å²) in [6.45, 7) is 9.06. The van der Waals surface area contributed by atoms with Crippen LogP contribution in [-0.4, -0.2) is 71.4 Å². The van der Waals surface area contributed by atoms with Gasteiger partial charge in [0.2, 0.25) is 17.7 Å². The Hall–Kier alpha value is -3.23. The Morgan fingerprint density at radius 2 is 1.74 bits per heavy atom. The molecule has 0 aromatic heterocycles. The number of nitrogens with two attached hydrogens (primary N) is 1. The third-order valence-corrected chi connectivity index (χ3v) is 7.98. The summed E-state index contributed by atoms with van der Waals surface area (Å²) in [6, 6.07) is 19.0. The lowest BCUT2D eigenvalue weighted by Gasteiger charge is -2.43. The standard InChI is InChI=1S/C31H42N4O4/c1-22(2)35-18-25(24-14-9-6-10-15-24)31(29(35)38)16-11-17-34(21-31)27(36)26(33-28(37)30(3,4)32)20-39-19-23-12-7-5-8-13-23/h5-10,12-15,22,25-26H,11,16-21,32H2,1-4H3,(H,33,37)/t25?,26?,31-/m0/s1. The number of carbonyl (C=O) groups is 3. The maximum atomic E-state index is 14.0. The molecule has 39 heavy (non-hydrogen) atoms. The summed E-state index contributed by atoms with van der Waals surface area (Å²) in [7, 11) is 0. The van der Waals surface area contributed by atoms with E-state index in [4.69, 9.17) is 10.5 Å². The molecule has 3 atom stereocenters. The molecule has 8 heteroatoms. The van der Waals surface area contributed by atoms with Crippen molar-refractivity contribution in [3.63, 3.8) is 0 Å². The van der Waals surface area contributed by atoms with Gasteiger partial charge in [0.15, 0.2) is 0 Å². The van der Waals surface area contributed by atoms with Gasteiger partial charge in [0.25, 0.3) is 0 Å². The summed E-state index contributed by atoms with van der Waals surface area (Å²) in [5.74, 6) is -0.592. The molecule has 0 bridgehead atoms. The number of likely N-dealkylation sites (tertiary alicyclic amines) is 2. The van der Waals surface area contributed by atoms with E-state index in [1.807, 2.05) is 67.3 Å². The largest absolute Gasteiger partial charge is 0.374 e. The Morgan fingerprint density at radius 1 is 1.10 bits per heavy atom. The van der Waals surface area contributed by atoms with Crippen LogP contribution in [0.15, 0.2) is 60.7 Å². The van der Waals surface area contributed by atoms with Crippen molar-refractivity contribution in [2.75, 3.05) is 26.2 Å². The maximum Gasteiger partial charge on any atom is 0.247 e. The highest BCUT2D eigenvalue weighted by Crippen LogP contribution is 2.50. The number of piperidine rings is 1. The van der Waals surface area contributed by atoms with Crippen LogP contribution in [0.5, 0.6) is 0 Å². The summed E-state index contributed by atoms with van der Waals surface area (Å²) in [4.78, 5) is 44.5. The predicted octanol–water partition coefficient (Wildman–Crippen LogP) is 3.07. The van der Waals surface area contributed by atoms with Crippen LogP contribution in [0.1, 0.15) is 57.6 Å². The van der Waals surface area contributed by atoms with Crippen LogP contribution in [0.25, 0.3) is 0 Å². The van der Waals surface area contributed by atoms with E-state index in [1.54, 1.807) is 18.7 Å². The average molecular weight is 535 g/mol. The van der Waals surface area contributed by atoms with Crippen LogP contribution in [-0.2, 0) is 25.7 Å². The summed E-state index contributed by atoms with van der Waals surface area (Å²) < 4.78 is 5.91. The molecule has 2 fully saturated rings. The molecule has 2 aromatic rings. The van der Waals surface area contributed by atoms with Crippen LogP contribution in [0, 0.1) is 5.41 Å². The van der Waals surface area contributed by atoms with Gasteiger partial charge >= 0.3 is 0 Å². The summed E-state index contributed by atoms with van der Waals surface area (Å²) in [6.07, 6.45) is 1.43. The van der Waals surface area contributed by atoms with Gasteiger partial charge in [-0.05, 0) is 51.7 Å². The number of rotatable bonds is 9. The molecule has 0 saturated carbocycles. The molecular formula is C31H42N4O4. The Labute approximate surface area is 231 Å². The lowest BCUT2D eigenvalue weighted by atomic mass is 9.69. The van der Waals surface area contributed by atoms with Crippen molar-refractivity contribution in [1.29, 1.82) is 0 Å². The van der Waals surface area contributed by atoms with Crippen molar-refractivity contribution < 1.29 is 19.1 Å². The van der Waals surface area contributed by atoms with E-state index in [-0.39, 0.29) is 30.4 Å². The van der Waals surface area contributed by atoms with E-state index in [2.05, 4.69) is 17.4 Å². The molecular weight excluding hydrogens is 492 g/mol. The molecule has 2 aliphatic rings. The normalized spacial score (nSPS) is 22.4. The molecule has 2 heterocycles. The molecule has 4 rings (SSSR count). The first kappa shape index (κ1) is 28.8. The maximum absolute atomic E-state index is 14.0. The van der Waals surface area contributed by atoms with E-state index < -0.39 is 22.9 Å². The number of ether oxygens (including phenoxy) is 1. The molecule has 2 saturated heterocycles. The molecule has 0 aliphatic carbocycles. The molecule has 8 nitrogen and oxygen atoms in total. The summed E-state index contributed by atoms with van der Waals surface area (Å²) >= 11 is 0. The molecule has 2 unspecified atom stereocenters. The number of nitrogens with zero attached hydrogens (tertiary/aromatic N) is 2.